The molecule has 0 aliphatic carbocycles. The molecule has 1 aliphatic rings. The summed E-state index contributed by atoms with van der Waals surface area (Å²) in [6, 6.07) is 8.51. The zero-order valence-corrected chi connectivity index (χ0v) is 12.0. The fraction of sp³-hybridized carbons (Fsp3) is 0.600. The van der Waals surface area contributed by atoms with E-state index < -0.39 is 0 Å². The van der Waals surface area contributed by atoms with Crippen molar-refractivity contribution in [3.63, 3.8) is 0 Å². The minimum absolute atomic E-state index is 0.0539. The highest BCUT2D eigenvalue weighted by molar-refractivity contribution is 5.53. The summed E-state index contributed by atoms with van der Waals surface area (Å²) in [5.74, 6) is 0.880. The van der Waals surface area contributed by atoms with Crippen LogP contribution in [0.3, 0.4) is 0 Å². The van der Waals surface area contributed by atoms with E-state index in [9.17, 15) is 0 Å². The predicted molar refractivity (Wildman–Crippen MR) is 77.9 cm³/mol. The molecule has 0 saturated carbocycles. The predicted octanol–water partition coefficient (Wildman–Crippen LogP) is 1.63. The van der Waals surface area contributed by atoms with Crippen LogP contribution in [-0.2, 0) is 0 Å². The molecule has 4 nitrogen and oxygen atoms in total. The van der Waals surface area contributed by atoms with Crippen molar-refractivity contribution in [1.82, 2.24) is 5.32 Å². The monoisotopic (exact) mass is 264 g/mol. The lowest BCUT2D eigenvalue weighted by atomic mass is 9.95. The zero-order valence-electron chi connectivity index (χ0n) is 12.0. The van der Waals surface area contributed by atoms with Crippen molar-refractivity contribution >= 4 is 5.69 Å². The van der Waals surface area contributed by atoms with Crippen LogP contribution in [0.5, 0.6) is 5.75 Å². The van der Waals surface area contributed by atoms with E-state index >= 15 is 0 Å². The summed E-state index contributed by atoms with van der Waals surface area (Å²) in [6.07, 6.45) is 0.788. The Bertz CT molecular complexity index is 420. The molecule has 2 rings (SSSR count). The van der Waals surface area contributed by atoms with E-state index in [0.29, 0.717) is 6.04 Å². The van der Waals surface area contributed by atoms with Crippen LogP contribution >= 0.6 is 0 Å². The molecule has 1 aromatic carbocycles. The average Bonchev–Trinajstić information content (AvgIpc) is 2.41. The smallest absolute Gasteiger partial charge is 0.120 e. The molecule has 2 N–H and O–H groups in total. The summed E-state index contributed by atoms with van der Waals surface area (Å²) in [5, 5.41) is 12.6. The third-order valence-electron chi connectivity index (χ3n) is 3.80. The van der Waals surface area contributed by atoms with Crippen LogP contribution in [0, 0.1) is 0 Å². The molecule has 1 atom stereocenters. The second-order valence-electron chi connectivity index (χ2n) is 5.71. The van der Waals surface area contributed by atoms with Gasteiger partial charge < -0.3 is 20.1 Å². The van der Waals surface area contributed by atoms with E-state index in [4.69, 9.17) is 9.84 Å². The Morgan fingerprint density at radius 1 is 1.47 bits per heavy atom. The maximum Gasteiger partial charge on any atom is 0.120 e. The largest absolute Gasteiger partial charge is 0.497 e. The second kappa shape index (κ2) is 5.80. The highest BCUT2D eigenvalue weighted by atomic mass is 16.5. The van der Waals surface area contributed by atoms with Gasteiger partial charge in [-0.1, -0.05) is 6.07 Å². The Hall–Kier alpha value is -1.26. The van der Waals surface area contributed by atoms with Crippen molar-refractivity contribution in [3.8, 4) is 5.75 Å². The maximum absolute atomic E-state index is 9.11. The Labute approximate surface area is 115 Å². The van der Waals surface area contributed by atoms with Gasteiger partial charge in [0.15, 0.2) is 0 Å². The van der Waals surface area contributed by atoms with Crippen molar-refractivity contribution < 1.29 is 9.84 Å². The number of rotatable bonds is 4. The van der Waals surface area contributed by atoms with Gasteiger partial charge in [0, 0.05) is 43.0 Å². The first kappa shape index (κ1) is 14.2. The highest BCUT2D eigenvalue weighted by Gasteiger charge is 2.33. The van der Waals surface area contributed by atoms with Gasteiger partial charge in [0.2, 0.25) is 0 Å². The third kappa shape index (κ3) is 3.19. The molecule has 1 saturated heterocycles. The van der Waals surface area contributed by atoms with Crippen LogP contribution in [-0.4, -0.2) is 43.5 Å². The van der Waals surface area contributed by atoms with E-state index in [0.717, 1.165) is 25.3 Å². The molecule has 0 amide bonds. The van der Waals surface area contributed by atoms with E-state index in [1.165, 1.54) is 5.69 Å². The van der Waals surface area contributed by atoms with E-state index in [2.05, 4.69) is 36.2 Å². The molecule has 1 unspecified atom stereocenters. The lowest BCUT2D eigenvalue weighted by Crippen LogP contribution is -2.62. The van der Waals surface area contributed by atoms with Gasteiger partial charge in [-0.25, -0.2) is 0 Å². The summed E-state index contributed by atoms with van der Waals surface area (Å²) in [6.45, 7) is 6.50. The molecule has 1 fully saturated rings. The summed E-state index contributed by atoms with van der Waals surface area (Å²) in [4.78, 5) is 2.40. The van der Waals surface area contributed by atoms with Crippen LogP contribution in [0.2, 0.25) is 0 Å². The quantitative estimate of drug-likeness (QED) is 0.867. The number of ether oxygens (including phenoxy) is 1. The number of aliphatic hydroxyl groups excluding tert-OH is 1. The van der Waals surface area contributed by atoms with Gasteiger partial charge in [0.25, 0.3) is 0 Å². The fourth-order valence-corrected chi connectivity index (χ4v) is 2.60. The van der Waals surface area contributed by atoms with Gasteiger partial charge in [-0.2, -0.15) is 0 Å². The van der Waals surface area contributed by atoms with Crippen molar-refractivity contribution in [2.45, 2.75) is 31.8 Å². The van der Waals surface area contributed by atoms with Crippen molar-refractivity contribution in [2.75, 3.05) is 31.7 Å². The first-order valence-corrected chi connectivity index (χ1v) is 6.83. The number of nitrogens with one attached hydrogen (secondary N) is 1. The van der Waals surface area contributed by atoms with E-state index in [-0.39, 0.29) is 12.1 Å². The number of hydrogen-bond donors (Lipinski definition) is 2. The fourth-order valence-electron chi connectivity index (χ4n) is 2.60. The van der Waals surface area contributed by atoms with Gasteiger partial charge in [0.1, 0.15) is 5.75 Å². The molecule has 1 heterocycles. The molecule has 0 spiro atoms. The maximum atomic E-state index is 9.11. The lowest BCUT2D eigenvalue weighted by Gasteiger charge is -2.47. The van der Waals surface area contributed by atoms with Crippen LogP contribution in [0.25, 0.3) is 0 Å². The molecular formula is C15H24N2O2. The molecule has 4 heteroatoms. The molecule has 0 bridgehead atoms. The minimum Gasteiger partial charge on any atom is -0.497 e. The molecule has 19 heavy (non-hydrogen) atoms. The van der Waals surface area contributed by atoms with E-state index in [1.807, 2.05) is 12.1 Å². The average molecular weight is 264 g/mol. The first-order valence-electron chi connectivity index (χ1n) is 6.83. The molecular weight excluding hydrogens is 240 g/mol. The summed E-state index contributed by atoms with van der Waals surface area (Å²) < 4.78 is 5.31. The Kier molecular flexibility index (Phi) is 4.32. The molecule has 0 aromatic heterocycles. The second-order valence-corrected chi connectivity index (χ2v) is 5.71. The summed E-state index contributed by atoms with van der Waals surface area (Å²) >= 11 is 0. The third-order valence-corrected chi connectivity index (χ3v) is 3.80. The highest BCUT2D eigenvalue weighted by Crippen LogP contribution is 2.29. The van der Waals surface area contributed by atoms with Crippen LogP contribution in [0.15, 0.2) is 24.3 Å². The lowest BCUT2D eigenvalue weighted by molar-refractivity contribution is 0.239. The van der Waals surface area contributed by atoms with Crippen molar-refractivity contribution in [2.24, 2.45) is 0 Å². The van der Waals surface area contributed by atoms with E-state index in [1.54, 1.807) is 7.11 Å². The number of aliphatic hydroxyl groups is 1. The van der Waals surface area contributed by atoms with Crippen LogP contribution in [0.4, 0.5) is 5.69 Å². The van der Waals surface area contributed by atoms with Crippen LogP contribution in [0.1, 0.15) is 20.3 Å². The molecule has 0 radical (unpaired) electrons. The first-order chi connectivity index (χ1) is 9.06. The van der Waals surface area contributed by atoms with Crippen molar-refractivity contribution in [1.29, 1.82) is 0 Å². The Morgan fingerprint density at radius 3 is 2.95 bits per heavy atom. The van der Waals surface area contributed by atoms with Gasteiger partial charge in [-0.3, -0.25) is 0 Å². The summed E-state index contributed by atoms with van der Waals surface area (Å²) in [7, 11) is 1.69. The number of benzene rings is 1. The van der Waals surface area contributed by atoms with Gasteiger partial charge in [0.05, 0.1) is 7.11 Å². The number of nitrogens with zero attached hydrogens (tertiary/aromatic N) is 1. The molecule has 1 aliphatic heterocycles. The number of methoxy groups -OCH3 is 1. The standard InChI is InChI=1S/C15H24N2O2/c1-15(2)11-16-12(7-8-18)10-17(15)13-5-4-6-14(9-13)19-3/h4-6,9,12,16,18H,7-8,10-11H2,1-3H3. The minimum atomic E-state index is 0.0539. The number of hydrogen-bond acceptors (Lipinski definition) is 4. The van der Waals surface area contributed by atoms with Crippen molar-refractivity contribution in [3.05, 3.63) is 24.3 Å². The number of anilines is 1. The molecule has 1 aromatic rings. The summed E-state index contributed by atoms with van der Waals surface area (Å²) in [5.41, 5.74) is 1.23. The van der Waals surface area contributed by atoms with Gasteiger partial charge >= 0.3 is 0 Å². The zero-order chi connectivity index (χ0) is 13.9. The Balaban J connectivity index is 2.22. The SMILES string of the molecule is COc1cccc(N2CC(CCO)NCC2(C)C)c1. The van der Waals surface area contributed by atoms with Gasteiger partial charge in [-0.15, -0.1) is 0 Å². The molecule has 106 valence electrons. The van der Waals surface area contributed by atoms with Crippen LogP contribution < -0.4 is 15.0 Å². The number of piperazine rings is 1. The topological polar surface area (TPSA) is 44.7 Å². The Morgan fingerprint density at radius 2 is 2.26 bits per heavy atom. The normalized spacial score (nSPS) is 22.3. The van der Waals surface area contributed by atoms with Gasteiger partial charge in [-0.05, 0) is 32.4 Å².